The maximum Gasteiger partial charge on any atom is 0.249 e. The van der Waals surface area contributed by atoms with Gasteiger partial charge in [0.25, 0.3) is 0 Å². The maximum absolute atomic E-state index is 6.17. The van der Waals surface area contributed by atoms with Gasteiger partial charge in [0.05, 0.1) is 21.9 Å². The predicted molar refractivity (Wildman–Crippen MR) is 110 cm³/mol. The van der Waals surface area contributed by atoms with Crippen LogP contribution in [-0.4, -0.2) is 26.7 Å². The monoisotopic (exact) mass is 398 g/mol. The van der Waals surface area contributed by atoms with Crippen molar-refractivity contribution < 1.29 is 0 Å². The Morgan fingerprint density at radius 3 is 2.67 bits per heavy atom. The van der Waals surface area contributed by atoms with Crippen LogP contribution in [-0.2, 0) is 6.42 Å². The molecular formula is C19H16Cl2N6. The van der Waals surface area contributed by atoms with Crippen LogP contribution in [0.2, 0.25) is 10.0 Å². The highest BCUT2D eigenvalue weighted by Gasteiger charge is 2.08. The Morgan fingerprint density at radius 2 is 1.81 bits per heavy atom. The lowest BCUT2D eigenvalue weighted by Gasteiger charge is -2.10. The van der Waals surface area contributed by atoms with Crippen LogP contribution in [0.1, 0.15) is 5.56 Å². The van der Waals surface area contributed by atoms with Gasteiger partial charge in [-0.2, -0.15) is 10.1 Å². The maximum atomic E-state index is 6.17. The molecule has 0 fully saturated rings. The Morgan fingerprint density at radius 1 is 1.00 bits per heavy atom. The number of benzene rings is 2. The molecular weight excluding hydrogens is 383 g/mol. The molecule has 0 unspecified atom stereocenters. The number of hydrogen-bond acceptors (Lipinski definition) is 5. The van der Waals surface area contributed by atoms with Crippen LogP contribution in [0.15, 0.2) is 54.9 Å². The lowest BCUT2D eigenvalue weighted by Crippen LogP contribution is -2.08. The van der Waals surface area contributed by atoms with Crippen molar-refractivity contribution in [2.75, 3.05) is 17.2 Å². The summed E-state index contributed by atoms with van der Waals surface area (Å²) in [4.78, 5) is 7.69. The number of aromatic amines is 1. The van der Waals surface area contributed by atoms with E-state index in [1.165, 1.54) is 10.9 Å². The Bertz CT molecular complexity index is 1060. The van der Waals surface area contributed by atoms with Gasteiger partial charge in [-0.25, -0.2) is 0 Å². The molecule has 0 saturated carbocycles. The first-order valence-corrected chi connectivity index (χ1v) is 9.16. The highest BCUT2D eigenvalue weighted by Crippen LogP contribution is 2.31. The Hall–Kier alpha value is -2.83. The van der Waals surface area contributed by atoms with Crippen molar-refractivity contribution in [2.24, 2.45) is 0 Å². The fourth-order valence-corrected chi connectivity index (χ4v) is 3.33. The molecule has 0 saturated heterocycles. The number of para-hydroxylation sites is 2. The highest BCUT2D eigenvalue weighted by atomic mass is 35.5. The fourth-order valence-electron chi connectivity index (χ4n) is 2.83. The molecule has 0 aliphatic heterocycles. The van der Waals surface area contributed by atoms with Gasteiger partial charge in [0.2, 0.25) is 5.95 Å². The zero-order valence-electron chi connectivity index (χ0n) is 14.2. The number of aromatic nitrogens is 4. The number of anilines is 3. The summed E-state index contributed by atoms with van der Waals surface area (Å²) in [5.74, 6) is 0.942. The van der Waals surface area contributed by atoms with Crippen molar-refractivity contribution in [1.29, 1.82) is 0 Å². The van der Waals surface area contributed by atoms with E-state index in [4.69, 9.17) is 23.2 Å². The quantitative estimate of drug-likeness (QED) is 0.423. The summed E-state index contributed by atoms with van der Waals surface area (Å²) in [6.45, 7) is 0.715. The van der Waals surface area contributed by atoms with E-state index < -0.39 is 0 Å². The second kappa shape index (κ2) is 7.82. The van der Waals surface area contributed by atoms with Crippen molar-refractivity contribution in [3.63, 3.8) is 0 Å². The van der Waals surface area contributed by atoms with E-state index in [0.717, 1.165) is 11.9 Å². The molecule has 0 radical (unpaired) electrons. The first-order valence-electron chi connectivity index (χ1n) is 8.40. The largest absolute Gasteiger partial charge is 0.368 e. The standard InChI is InChI=1S/C19H16Cl2N6/c20-14-5-3-6-15(21)18(14)26-19-25-17(11-24-27-19)22-9-8-12-10-23-16-7-2-1-4-13(12)16/h1-7,10-11,23H,8-9H2,(H2,22,25,26,27). The van der Waals surface area contributed by atoms with Crippen LogP contribution >= 0.6 is 23.2 Å². The molecule has 2 aromatic heterocycles. The normalized spacial score (nSPS) is 10.9. The SMILES string of the molecule is Clc1cccc(Cl)c1Nc1nncc(NCCc2c[nH]c3ccccc23)n1. The van der Waals surface area contributed by atoms with Gasteiger partial charge in [-0.1, -0.05) is 47.5 Å². The van der Waals surface area contributed by atoms with E-state index >= 15 is 0 Å². The van der Waals surface area contributed by atoms with Gasteiger partial charge >= 0.3 is 0 Å². The lowest BCUT2D eigenvalue weighted by atomic mass is 10.1. The molecule has 27 heavy (non-hydrogen) atoms. The molecule has 136 valence electrons. The topological polar surface area (TPSA) is 78.5 Å². The summed E-state index contributed by atoms with van der Waals surface area (Å²) in [5, 5.41) is 16.5. The second-order valence-electron chi connectivity index (χ2n) is 5.92. The van der Waals surface area contributed by atoms with Gasteiger partial charge in [0.15, 0.2) is 5.82 Å². The minimum atomic E-state index is 0.321. The number of halogens is 2. The molecule has 2 aromatic carbocycles. The van der Waals surface area contributed by atoms with E-state index in [1.54, 1.807) is 24.4 Å². The summed E-state index contributed by atoms with van der Waals surface area (Å²) in [7, 11) is 0. The molecule has 0 spiro atoms. The van der Waals surface area contributed by atoms with E-state index in [2.05, 4.69) is 42.9 Å². The molecule has 4 rings (SSSR count). The molecule has 8 heteroatoms. The molecule has 0 bridgehead atoms. The first kappa shape index (κ1) is 17.6. The van der Waals surface area contributed by atoms with Gasteiger partial charge < -0.3 is 15.6 Å². The number of nitrogens with zero attached hydrogens (tertiary/aromatic N) is 3. The smallest absolute Gasteiger partial charge is 0.249 e. The third-order valence-electron chi connectivity index (χ3n) is 4.13. The zero-order valence-corrected chi connectivity index (χ0v) is 15.7. The van der Waals surface area contributed by atoms with Crippen LogP contribution in [0, 0.1) is 0 Å². The van der Waals surface area contributed by atoms with E-state index in [-0.39, 0.29) is 0 Å². The summed E-state index contributed by atoms with van der Waals surface area (Å²) >= 11 is 12.3. The van der Waals surface area contributed by atoms with Crippen molar-refractivity contribution in [3.8, 4) is 0 Å². The Kier molecular flexibility index (Phi) is 5.09. The van der Waals surface area contributed by atoms with E-state index in [9.17, 15) is 0 Å². The summed E-state index contributed by atoms with van der Waals surface area (Å²) < 4.78 is 0. The van der Waals surface area contributed by atoms with E-state index in [1.807, 2.05) is 18.3 Å². The lowest BCUT2D eigenvalue weighted by molar-refractivity contribution is 0.952. The van der Waals surface area contributed by atoms with Crippen molar-refractivity contribution in [2.45, 2.75) is 6.42 Å². The van der Waals surface area contributed by atoms with Crippen LogP contribution in [0.25, 0.3) is 10.9 Å². The third kappa shape index (κ3) is 3.97. The van der Waals surface area contributed by atoms with E-state index in [0.29, 0.717) is 34.0 Å². The predicted octanol–water partition coefficient (Wildman–Crippen LogP) is 5.06. The number of rotatable bonds is 6. The van der Waals surface area contributed by atoms with Gasteiger partial charge in [0, 0.05) is 23.6 Å². The minimum absolute atomic E-state index is 0.321. The number of H-pyrrole nitrogens is 1. The van der Waals surface area contributed by atoms with Crippen LogP contribution in [0.3, 0.4) is 0 Å². The van der Waals surface area contributed by atoms with Crippen molar-refractivity contribution >= 4 is 51.6 Å². The fraction of sp³-hybridized carbons (Fsp3) is 0.105. The Labute approximate surface area is 165 Å². The van der Waals surface area contributed by atoms with Gasteiger partial charge in [-0.05, 0) is 30.2 Å². The minimum Gasteiger partial charge on any atom is -0.368 e. The zero-order chi connectivity index (χ0) is 18.6. The average molecular weight is 399 g/mol. The summed E-state index contributed by atoms with van der Waals surface area (Å²) in [5.41, 5.74) is 2.94. The van der Waals surface area contributed by atoms with Gasteiger partial charge in [0.1, 0.15) is 0 Å². The number of fused-ring (bicyclic) bond motifs is 1. The summed E-state index contributed by atoms with van der Waals surface area (Å²) in [6, 6.07) is 13.5. The number of hydrogen-bond donors (Lipinski definition) is 3. The van der Waals surface area contributed by atoms with Crippen LogP contribution in [0.5, 0.6) is 0 Å². The molecule has 4 aromatic rings. The van der Waals surface area contributed by atoms with Crippen molar-refractivity contribution in [3.05, 3.63) is 70.5 Å². The Balaban J connectivity index is 1.42. The highest BCUT2D eigenvalue weighted by molar-refractivity contribution is 6.39. The third-order valence-corrected chi connectivity index (χ3v) is 4.76. The molecule has 2 heterocycles. The molecule has 0 amide bonds. The summed E-state index contributed by atoms with van der Waals surface area (Å²) in [6.07, 6.45) is 4.47. The van der Waals surface area contributed by atoms with Crippen molar-refractivity contribution in [1.82, 2.24) is 20.2 Å². The molecule has 0 aliphatic carbocycles. The van der Waals surface area contributed by atoms with Crippen LogP contribution < -0.4 is 10.6 Å². The van der Waals surface area contributed by atoms with Crippen LogP contribution in [0.4, 0.5) is 17.5 Å². The van der Waals surface area contributed by atoms with Gasteiger partial charge in [-0.15, -0.1) is 5.10 Å². The molecule has 0 atom stereocenters. The number of nitrogens with one attached hydrogen (secondary N) is 3. The second-order valence-corrected chi connectivity index (χ2v) is 6.74. The average Bonchev–Trinajstić information content (AvgIpc) is 3.09. The van der Waals surface area contributed by atoms with Gasteiger partial charge in [-0.3, -0.25) is 0 Å². The molecule has 0 aliphatic rings. The molecule has 6 nitrogen and oxygen atoms in total. The molecule has 3 N–H and O–H groups in total. The first-order chi connectivity index (χ1) is 13.2.